The van der Waals surface area contributed by atoms with Gasteiger partial charge in [-0.3, -0.25) is 4.90 Å². The molecule has 2 aromatic heterocycles. The molecule has 2 saturated heterocycles. The number of fused-ring (bicyclic) bond motifs is 1. The second kappa shape index (κ2) is 7.44. The molecule has 0 aliphatic carbocycles. The van der Waals surface area contributed by atoms with Crippen LogP contribution in [0.1, 0.15) is 42.5 Å². The Morgan fingerprint density at radius 1 is 1.33 bits per heavy atom. The van der Waals surface area contributed by atoms with Crippen molar-refractivity contribution in [3.63, 3.8) is 0 Å². The fourth-order valence-corrected chi connectivity index (χ4v) is 3.74. The van der Waals surface area contributed by atoms with Gasteiger partial charge in [-0.1, -0.05) is 6.92 Å². The fourth-order valence-electron chi connectivity index (χ4n) is 3.74. The monoisotopic (exact) mass is 374 g/mol. The van der Waals surface area contributed by atoms with E-state index in [-0.39, 0.29) is 11.8 Å². The molecular weight excluding hydrogens is 348 g/mol. The summed E-state index contributed by atoms with van der Waals surface area (Å²) in [5, 5.41) is 9.41. The average molecular weight is 374 g/mol. The van der Waals surface area contributed by atoms with E-state index in [1.807, 2.05) is 4.57 Å². The van der Waals surface area contributed by atoms with Gasteiger partial charge < -0.3 is 19.1 Å². The standard InChI is InChI=1S/C19H26N4O4/c1-12-3-6-22(7-4-12)11-16-21-17-15(26-2)9-14(19(24)25)20-18(17)23(16)10-13-5-8-27-13/h9,12-13H,3-8,10-11H2,1-2H3,(H,24,25). The summed E-state index contributed by atoms with van der Waals surface area (Å²) < 4.78 is 13.0. The molecule has 0 saturated carbocycles. The number of aromatic carboxylic acids is 1. The molecule has 27 heavy (non-hydrogen) atoms. The van der Waals surface area contributed by atoms with Gasteiger partial charge in [-0.05, 0) is 38.3 Å². The van der Waals surface area contributed by atoms with Crippen molar-refractivity contribution in [2.24, 2.45) is 5.92 Å². The van der Waals surface area contributed by atoms with Crippen LogP contribution in [0.25, 0.3) is 11.2 Å². The molecule has 0 spiro atoms. The number of hydrogen-bond donors (Lipinski definition) is 1. The number of nitrogens with zero attached hydrogens (tertiary/aromatic N) is 4. The van der Waals surface area contributed by atoms with Crippen molar-refractivity contribution in [2.45, 2.75) is 45.4 Å². The number of methoxy groups -OCH3 is 1. The van der Waals surface area contributed by atoms with Crippen molar-refractivity contribution in [2.75, 3.05) is 26.8 Å². The SMILES string of the molecule is COc1cc(C(=O)O)nc2c1nc(CN1CCC(C)CC1)n2CC1CCO1. The number of carbonyl (C=O) groups is 1. The second-order valence-electron chi connectivity index (χ2n) is 7.57. The highest BCUT2D eigenvalue weighted by Crippen LogP contribution is 2.28. The summed E-state index contributed by atoms with van der Waals surface area (Å²) in [4.78, 5) is 23.1. The van der Waals surface area contributed by atoms with Crippen LogP contribution in [0.3, 0.4) is 0 Å². The number of pyridine rings is 1. The van der Waals surface area contributed by atoms with Crippen molar-refractivity contribution in [3.8, 4) is 5.75 Å². The summed E-state index contributed by atoms with van der Waals surface area (Å²) in [6.45, 7) is 6.53. The maximum Gasteiger partial charge on any atom is 0.354 e. The Kier molecular flexibility index (Phi) is 5.01. The number of imidazole rings is 1. The molecule has 4 rings (SSSR count). The second-order valence-corrected chi connectivity index (χ2v) is 7.57. The smallest absolute Gasteiger partial charge is 0.354 e. The number of carboxylic acids is 1. The van der Waals surface area contributed by atoms with E-state index in [4.69, 9.17) is 14.5 Å². The minimum absolute atomic E-state index is 0.0339. The Hall–Kier alpha value is -2.19. The molecule has 1 atom stereocenters. The quantitative estimate of drug-likeness (QED) is 0.829. The van der Waals surface area contributed by atoms with Crippen LogP contribution in [0.2, 0.25) is 0 Å². The molecule has 4 heterocycles. The summed E-state index contributed by atoms with van der Waals surface area (Å²) >= 11 is 0. The van der Waals surface area contributed by atoms with E-state index in [0.717, 1.165) is 44.4 Å². The lowest BCUT2D eigenvalue weighted by Gasteiger charge is -2.31. The molecule has 146 valence electrons. The number of likely N-dealkylation sites (tertiary alicyclic amines) is 1. The van der Waals surface area contributed by atoms with E-state index in [2.05, 4.69) is 16.8 Å². The van der Waals surface area contributed by atoms with Crippen LogP contribution in [-0.4, -0.2) is 63.4 Å². The van der Waals surface area contributed by atoms with Gasteiger partial charge in [0, 0.05) is 12.7 Å². The molecule has 0 radical (unpaired) electrons. The Morgan fingerprint density at radius 2 is 2.07 bits per heavy atom. The number of aromatic nitrogens is 3. The molecule has 0 amide bonds. The molecule has 1 unspecified atom stereocenters. The normalized spacial score (nSPS) is 21.3. The third-order valence-corrected chi connectivity index (χ3v) is 5.61. The van der Waals surface area contributed by atoms with Gasteiger partial charge in [0.1, 0.15) is 11.3 Å². The predicted octanol–water partition coefficient (Wildman–Crippen LogP) is 2.16. The number of hydrogen-bond acceptors (Lipinski definition) is 6. The van der Waals surface area contributed by atoms with Gasteiger partial charge in [0.15, 0.2) is 17.1 Å². The van der Waals surface area contributed by atoms with E-state index < -0.39 is 5.97 Å². The molecule has 2 aliphatic rings. The first kappa shape index (κ1) is 18.2. The largest absolute Gasteiger partial charge is 0.494 e. The van der Waals surface area contributed by atoms with Crippen molar-refractivity contribution >= 4 is 17.1 Å². The Bertz CT molecular complexity index is 838. The molecule has 0 aromatic carbocycles. The van der Waals surface area contributed by atoms with Crippen LogP contribution in [0.4, 0.5) is 0 Å². The zero-order valence-electron chi connectivity index (χ0n) is 15.8. The minimum Gasteiger partial charge on any atom is -0.494 e. The summed E-state index contributed by atoms with van der Waals surface area (Å²) in [6, 6.07) is 1.44. The average Bonchev–Trinajstić information content (AvgIpc) is 2.96. The van der Waals surface area contributed by atoms with E-state index in [0.29, 0.717) is 23.5 Å². The third kappa shape index (κ3) is 3.64. The molecular formula is C19H26N4O4. The number of carboxylic acid groups (broad SMARTS) is 1. The summed E-state index contributed by atoms with van der Waals surface area (Å²) in [5.41, 5.74) is 1.14. The van der Waals surface area contributed by atoms with Gasteiger partial charge in [-0.25, -0.2) is 14.8 Å². The molecule has 0 bridgehead atoms. The molecule has 2 aliphatic heterocycles. The van der Waals surface area contributed by atoms with Crippen molar-refractivity contribution in [1.82, 2.24) is 19.4 Å². The lowest BCUT2D eigenvalue weighted by Crippen LogP contribution is -2.35. The minimum atomic E-state index is -1.07. The summed E-state index contributed by atoms with van der Waals surface area (Å²) in [6.07, 6.45) is 3.51. The van der Waals surface area contributed by atoms with Gasteiger partial charge >= 0.3 is 5.97 Å². The topological polar surface area (TPSA) is 89.7 Å². The van der Waals surface area contributed by atoms with E-state index in [1.165, 1.54) is 26.0 Å². The molecule has 2 fully saturated rings. The first-order chi connectivity index (χ1) is 13.0. The Morgan fingerprint density at radius 3 is 2.67 bits per heavy atom. The zero-order chi connectivity index (χ0) is 19.0. The van der Waals surface area contributed by atoms with Gasteiger partial charge in [0.05, 0.1) is 26.3 Å². The predicted molar refractivity (Wildman–Crippen MR) is 99.1 cm³/mol. The van der Waals surface area contributed by atoms with Gasteiger partial charge in [0.2, 0.25) is 0 Å². The lowest BCUT2D eigenvalue weighted by molar-refractivity contribution is -0.0593. The van der Waals surface area contributed by atoms with Gasteiger partial charge in [-0.15, -0.1) is 0 Å². The maximum atomic E-state index is 11.5. The molecule has 2 aromatic rings. The Labute approximate surface area is 158 Å². The Balaban J connectivity index is 1.73. The van der Waals surface area contributed by atoms with Crippen molar-refractivity contribution in [3.05, 3.63) is 17.6 Å². The van der Waals surface area contributed by atoms with Crippen molar-refractivity contribution in [1.29, 1.82) is 0 Å². The highest BCUT2D eigenvalue weighted by Gasteiger charge is 2.26. The van der Waals surface area contributed by atoms with E-state index in [9.17, 15) is 9.90 Å². The van der Waals surface area contributed by atoms with Crippen molar-refractivity contribution < 1.29 is 19.4 Å². The van der Waals surface area contributed by atoms with Gasteiger partial charge in [-0.2, -0.15) is 0 Å². The zero-order valence-corrected chi connectivity index (χ0v) is 15.8. The van der Waals surface area contributed by atoms with E-state index in [1.54, 1.807) is 0 Å². The molecule has 1 N–H and O–H groups in total. The fraction of sp³-hybridized carbons (Fsp3) is 0.632. The van der Waals surface area contributed by atoms with Crippen LogP contribution in [-0.2, 0) is 17.8 Å². The molecule has 8 nitrogen and oxygen atoms in total. The first-order valence-corrected chi connectivity index (χ1v) is 9.56. The van der Waals surface area contributed by atoms with Crippen LogP contribution >= 0.6 is 0 Å². The van der Waals surface area contributed by atoms with E-state index >= 15 is 0 Å². The van der Waals surface area contributed by atoms with Crippen LogP contribution < -0.4 is 4.74 Å². The van der Waals surface area contributed by atoms with Crippen LogP contribution in [0, 0.1) is 5.92 Å². The third-order valence-electron chi connectivity index (χ3n) is 5.61. The highest BCUT2D eigenvalue weighted by atomic mass is 16.5. The number of ether oxygens (including phenoxy) is 2. The van der Waals surface area contributed by atoms with Gasteiger partial charge in [0.25, 0.3) is 0 Å². The maximum absolute atomic E-state index is 11.5. The molecule has 8 heteroatoms. The summed E-state index contributed by atoms with van der Waals surface area (Å²) in [7, 11) is 1.53. The first-order valence-electron chi connectivity index (χ1n) is 9.56. The van der Waals surface area contributed by atoms with Crippen LogP contribution in [0.15, 0.2) is 6.07 Å². The van der Waals surface area contributed by atoms with Crippen LogP contribution in [0.5, 0.6) is 5.75 Å². The summed E-state index contributed by atoms with van der Waals surface area (Å²) in [5.74, 6) is 1.03. The lowest BCUT2D eigenvalue weighted by atomic mass is 9.99. The number of rotatable bonds is 6. The number of piperidine rings is 1. The highest BCUT2D eigenvalue weighted by molar-refractivity contribution is 5.91.